The third-order valence-electron chi connectivity index (χ3n) is 4.67. The van der Waals surface area contributed by atoms with E-state index in [4.69, 9.17) is 42.5 Å². The number of nitrogens with zero attached hydrogens (tertiary/aromatic N) is 1. The van der Waals surface area contributed by atoms with Gasteiger partial charge in [-0.2, -0.15) is 0 Å². The van der Waals surface area contributed by atoms with Gasteiger partial charge in [0, 0.05) is 24.2 Å². The largest absolute Gasteiger partial charge is 0.494 e. The van der Waals surface area contributed by atoms with Crippen LogP contribution in [-0.4, -0.2) is 81.5 Å². The monoisotopic (exact) mass is 518 g/mol. The number of benzene rings is 1. The zero-order valence-corrected chi connectivity index (χ0v) is 20.6. The van der Waals surface area contributed by atoms with Crippen LogP contribution in [0, 0.1) is 0 Å². The van der Waals surface area contributed by atoms with Crippen LogP contribution < -0.4 is 10.5 Å². The lowest BCUT2D eigenvalue weighted by molar-refractivity contribution is -0.143. The molecule has 1 aliphatic heterocycles. The predicted molar refractivity (Wildman–Crippen MR) is 129 cm³/mol. The number of hydrogen-bond donors (Lipinski definition) is 5. The molecular formula is C23H35ClN2O9. The summed E-state index contributed by atoms with van der Waals surface area (Å²) >= 11 is 6.07. The number of nitrogens with two attached hydrogens (primary N) is 1. The topological polar surface area (TPSA) is 188 Å². The second-order valence-corrected chi connectivity index (χ2v) is 8.15. The van der Waals surface area contributed by atoms with E-state index in [-0.39, 0.29) is 25.7 Å². The molecule has 1 saturated heterocycles. The summed E-state index contributed by atoms with van der Waals surface area (Å²) < 4.78 is 5.65. The van der Waals surface area contributed by atoms with Crippen LogP contribution in [0.15, 0.2) is 18.2 Å². The van der Waals surface area contributed by atoms with Crippen molar-refractivity contribution in [3.8, 4) is 5.75 Å². The first-order chi connectivity index (χ1) is 16.4. The maximum Gasteiger partial charge on any atom is 0.303 e. The van der Waals surface area contributed by atoms with Crippen molar-refractivity contribution in [2.45, 2.75) is 57.9 Å². The van der Waals surface area contributed by atoms with Gasteiger partial charge in [-0.1, -0.05) is 11.6 Å². The van der Waals surface area contributed by atoms with Gasteiger partial charge in [0.1, 0.15) is 5.75 Å². The van der Waals surface area contributed by atoms with Crippen LogP contribution in [0.1, 0.15) is 51.0 Å². The SMILES string of the molecule is CCOc1ccc(Cl)cc1CCN1CCC[C@H](N)C1.O=C(O)CCC(=O)O.O=C(O)CCC(=O)O. The summed E-state index contributed by atoms with van der Waals surface area (Å²) in [5.41, 5.74) is 7.20. The lowest BCUT2D eigenvalue weighted by atomic mass is 10.1. The molecule has 0 saturated carbocycles. The number of ether oxygens (including phenoxy) is 1. The van der Waals surface area contributed by atoms with Gasteiger partial charge in [0.25, 0.3) is 0 Å². The van der Waals surface area contributed by atoms with Gasteiger partial charge in [-0.3, -0.25) is 19.2 Å². The van der Waals surface area contributed by atoms with Gasteiger partial charge in [-0.25, -0.2) is 0 Å². The molecule has 1 aliphatic rings. The minimum absolute atomic E-state index is 0.296. The van der Waals surface area contributed by atoms with E-state index in [1.54, 1.807) is 0 Å². The van der Waals surface area contributed by atoms with E-state index in [9.17, 15) is 19.2 Å². The van der Waals surface area contributed by atoms with E-state index >= 15 is 0 Å². The van der Waals surface area contributed by atoms with Crippen LogP contribution in [0.4, 0.5) is 0 Å². The van der Waals surface area contributed by atoms with Crippen LogP contribution in [0.25, 0.3) is 0 Å². The van der Waals surface area contributed by atoms with Crippen LogP contribution in [0.5, 0.6) is 5.75 Å². The first kappa shape index (κ1) is 32.1. The summed E-state index contributed by atoms with van der Waals surface area (Å²) in [6.45, 7) is 5.86. The molecule has 0 aromatic heterocycles. The molecule has 0 spiro atoms. The fourth-order valence-corrected chi connectivity index (χ4v) is 3.24. The molecule has 6 N–H and O–H groups in total. The molecular weight excluding hydrogens is 484 g/mol. The van der Waals surface area contributed by atoms with E-state index in [1.807, 2.05) is 25.1 Å². The number of rotatable bonds is 11. The van der Waals surface area contributed by atoms with Gasteiger partial charge >= 0.3 is 23.9 Å². The van der Waals surface area contributed by atoms with E-state index in [1.165, 1.54) is 12.0 Å². The van der Waals surface area contributed by atoms with Gasteiger partial charge in [-0.15, -0.1) is 0 Å². The Morgan fingerprint density at radius 3 is 1.94 bits per heavy atom. The maximum atomic E-state index is 9.64. The summed E-state index contributed by atoms with van der Waals surface area (Å²) in [4.78, 5) is 41.0. The molecule has 0 radical (unpaired) electrons. The highest BCUT2D eigenvalue weighted by molar-refractivity contribution is 6.30. The van der Waals surface area contributed by atoms with Crippen molar-refractivity contribution in [1.82, 2.24) is 4.90 Å². The minimum atomic E-state index is -1.08. The van der Waals surface area contributed by atoms with Gasteiger partial charge in [0.2, 0.25) is 0 Å². The number of halogens is 1. The normalized spacial score (nSPS) is 15.0. The Morgan fingerprint density at radius 1 is 1.00 bits per heavy atom. The van der Waals surface area contributed by atoms with Gasteiger partial charge in [0.05, 0.1) is 32.3 Å². The van der Waals surface area contributed by atoms with Crippen molar-refractivity contribution in [1.29, 1.82) is 0 Å². The van der Waals surface area contributed by atoms with E-state index in [0.717, 1.165) is 43.2 Å². The molecule has 12 heteroatoms. The quantitative estimate of drug-likeness (QED) is 0.289. The Morgan fingerprint density at radius 2 is 1.51 bits per heavy atom. The Balaban J connectivity index is 0.000000601. The average Bonchev–Trinajstić information content (AvgIpc) is 2.77. The molecule has 1 heterocycles. The minimum Gasteiger partial charge on any atom is -0.494 e. The molecule has 1 atom stereocenters. The zero-order chi connectivity index (χ0) is 26.8. The summed E-state index contributed by atoms with van der Waals surface area (Å²) in [5, 5.41) is 32.4. The van der Waals surface area contributed by atoms with Crippen molar-refractivity contribution in [2.75, 3.05) is 26.2 Å². The first-order valence-electron chi connectivity index (χ1n) is 11.2. The van der Waals surface area contributed by atoms with Crippen LogP contribution in [0.2, 0.25) is 5.02 Å². The fourth-order valence-electron chi connectivity index (χ4n) is 3.04. The number of carboxylic acid groups (broad SMARTS) is 4. The molecule has 1 fully saturated rings. The highest BCUT2D eigenvalue weighted by Gasteiger charge is 2.16. The summed E-state index contributed by atoms with van der Waals surface area (Å²) in [6, 6.07) is 6.19. The van der Waals surface area contributed by atoms with Gasteiger partial charge in [0.15, 0.2) is 0 Å². The predicted octanol–water partition coefficient (Wildman–Crippen LogP) is 2.58. The van der Waals surface area contributed by atoms with Crippen molar-refractivity contribution in [3.63, 3.8) is 0 Å². The third kappa shape index (κ3) is 18.2. The van der Waals surface area contributed by atoms with Crippen LogP contribution in [0.3, 0.4) is 0 Å². The highest BCUT2D eigenvalue weighted by Crippen LogP contribution is 2.24. The van der Waals surface area contributed by atoms with Gasteiger partial charge in [-0.05, 0) is 56.5 Å². The summed E-state index contributed by atoms with van der Waals surface area (Å²) in [7, 11) is 0. The van der Waals surface area contributed by atoms with Crippen molar-refractivity contribution < 1.29 is 44.3 Å². The third-order valence-corrected chi connectivity index (χ3v) is 4.90. The van der Waals surface area contributed by atoms with Crippen molar-refractivity contribution >= 4 is 35.5 Å². The number of likely N-dealkylation sites (tertiary alicyclic amines) is 1. The molecule has 198 valence electrons. The van der Waals surface area contributed by atoms with E-state index < -0.39 is 23.9 Å². The Bertz CT molecular complexity index is 764. The molecule has 1 aromatic carbocycles. The average molecular weight is 519 g/mol. The Hall–Kier alpha value is -2.89. The standard InChI is InChI=1S/C15H23ClN2O.2C4H6O4/c1-2-19-15-6-5-13(16)10-12(15)7-9-18-8-3-4-14(17)11-18;2*5-3(6)1-2-4(7)8/h5-6,10,14H,2-4,7-9,11,17H2,1H3;2*1-2H2,(H,5,6)(H,7,8)/t14-;;/m0../s1. The molecule has 0 unspecified atom stereocenters. The number of piperidine rings is 1. The van der Waals surface area contributed by atoms with Crippen molar-refractivity contribution in [2.24, 2.45) is 5.73 Å². The first-order valence-corrected chi connectivity index (χ1v) is 11.6. The molecule has 35 heavy (non-hydrogen) atoms. The lowest BCUT2D eigenvalue weighted by Gasteiger charge is -2.30. The highest BCUT2D eigenvalue weighted by atomic mass is 35.5. The number of aliphatic carboxylic acids is 4. The van der Waals surface area contributed by atoms with Crippen LogP contribution >= 0.6 is 11.6 Å². The molecule has 0 aliphatic carbocycles. The van der Waals surface area contributed by atoms with E-state index in [2.05, 4.69) is 4.90 Å². The fraction of sp³-hybridized carbons (Fsp3) is 0.565. The zero-order valence-electron chi connectivity index (χ0n) is 19.8. The second kappa shape index (κ2) is 18.4. The molecule has 1 aromatic rings. The lowest BCUT2D eigenvalue weighted by Crippen LogP contribution is -2.43. The number of hydrogen-bond acceptors (Lipinski definition) is 7. The molecule has 11 nitrogen and oxygen atoms in total. The molecule has 2 rings (SSSR count). The Labute approximate surface area is 209 Å². The smallest absolute Gasteiger partial charge is 0.303 e. The van der Waals surface area contributed by atoms with Crippen LogP contribution in [-0.2, 0) is 25.6 Å². The molecule has 0 bridgehead atoms. The Kier molecular flexibility index (Phi) is 16.9. The molecule has 0 amide bonds. The second-order valence-electron chi connectivity index (χ2n) is 7.71. The summed E-state index contributed by atoms with van der Waals surface area (Å²) in [6.07, 6.45) is 2.13. The van der Waals surface area contributed by atoms with Crippen molar-refractivity contribution in [3.05, 3.63) is 28.8 Å². The summed E-state index contributed by atoms with van der Waals surface area (Å²) in [5.74, 6) is -3.35. The maximum absolute atomic E-state index is 9.64. The number of carbonyl (C=O) groups is 4. The number of carboxylic acids is 4. The van der Waals surface area contributed by atoms with E-state index in [0.29, 0.717) is 12.6 Å². The van der Waals surface area contributed by atoms with Gasteiger partial charge < -0.3 is 35.8 Å².